The van der Waals surface area contributed by atoms with E-state index in [1.165, 1.54) is 25.1 Å². The van der Waals surface area contributed by atoms with Crippen LogP contribution in [-0.2, 0) is 6.54 Å². The normalized spacial score (nSPS) is 10.2. The van der Waals surface area contributed by atoms with Crippen molar-refractivity contribution in [1.29, 1.82) is 0 Å². The summed E-state index contributed by atoms with van der Waals surface area (Å²) in [5.74, 6) is 1.14. The molecule has 8 nitrogen and oxygen atoms in total. The van der Waals surface area contributed by atoms with Gasteiger partial charge < -0.3 is 20.1 Å². The van der Waals surface area contributed by atoms with E-state index in [0.717, 1.165) is 0 Å². The number of amides is 2. The Kier molecular flexibility index (Phi) is 5.99. The fourth-order valence-electron chi connectivity index (χ4n) is 2.18. The zero-order valence-electron chi connectivity index (χ0n) is 14.8. The SMILES string of the molecule is COc1cc(NC(=O)NCCn2cnc(C)c(C)c2=O)cc(OC)c1. The first kappa shape index (κ1) is 18.3. The molecule has 25 heavy (non-hydrogen) atoms. The molecule has 0 unspecified atom stereocenters. The minimum absolute atomic E-state index is 0.104. The van der Waals surface area contributed by atoms with E-state index < -0.39 is 0 Å². The molecular weight excluding hydrogens is 324 g/mol. The molecule has 0 aliphatic heterocycles. The Morgan fingerprint density at radius 2 is 1.80 bits per heavy atom. The van der Waals surface area contributed by atoms with Crippen LogP contribution in [0.4, 0.5) is 10.5 Å². The van der Waals surface area contributed by atoms with Gasteiger partial charge in [-0.1, -0.05) is 0 Å². The predicted molar refractivity (Wildman–Crippen MR) is 94.5 cm³/mol. The monoisotopic (exact) mass is 346 g/mol. The van der Waals surface area contributed by atoms with Gasteiger partial charge in [-0.3, -0.25) is 9.36 Å². The Morgan fingerprint density at radius 1 is 1.16 bits per heavy atom. The van der Waals surface area contributed by atoms with Crippen molar-refractivity contribution in [2.75, 3.05) is 26.1 Å². The molecule has 0 atom stereocenters. The summed E-state index contributed by atoms with van der Waals surface area (Å²) in [6, 6.07) is 4.68. The lowest BCUT2D eigenvalue weighted by Crippen LogP contribution is -2.34. The van der Waals surface area contributed by atoms with Crippen LogP contribution in [-0.4, -0.2) is 36.3 Å². The molecule has 2 rings (SSSR count). The number of methoxy groups -OCH3 is 2. The number of hydrogen-bond donors (Lipinski definition) is 2. The first-order valence-corrected chi connectivity index (χ1v) is 7.75. The fourth-order valence-corrected chi connectivity index (χ4v) is 2.18. The van der Waals surface area contributed by atoms with E-state index in [0.29, 0.717) is 35.0 Å². The first-order chi connectivity index (χ1) is 11.9. The molecule has 1 heterocycles. The maximum absolute atomic E-state index is 12.1. The highest BCUT2D eigenvalue weighted by Gasteiger charge is 2.07. The quantitative estimate of drug-likeness (QED) is 0.830. The predicted octanol–water partition coefficient (Wildman–Crippen LogP) is 1.70. The van der Waals surface area contributed by atoms with Gasteiger partial charge in [-0.25, -0.2) is 9.78 Å². The van der Waals surface area contributed by atoms with Gasteiger partial charge in [0.25, 0.3) is 5.56 Å². The third-order valence-corrected chi connectivity index (χ3v) is 3.76. The molecule has 1 aromatic carbocycles. The van der Waals surface area contributed by atoms with Crippen LogP contribution in [0.2, 0.25) is 0 Å². The lowest BCUT2D eigenvalue weighted by atomic mass is 10.3. The maximum atomic E-state index is 12.1. The molecule has 134 valence electrons. The van der Waals surface area contributed by atoms with E-state index in [1.54, 1.807) is 32.0 Å². The number of aromatic nitrogens is 2. The number of benzene rings is 1. The summed E-state index contributed by atoms with van der Waals surface area (Å²) >= 11 is 0. The number of nitrogens with zero attached hydrogens (tertiary/aromatic N) is 2. The molecule has 2 amide bonds. The van der Waals surface area contributed by atoms with Crippen LogP contribution in [0.15, 0.2) is 29.3 Å². The zero-order chi connectivity index (χ0) is 18.4. The number of ether oxygens (including phenoxy) is 2. The Labute approximate surface area is 145 Å². The van der Waals surface area contributed by atoms with Crippen molar-refractivity contribution in [2.45, 2.75) is 20.4 Å². The minimum Gasteiger partial charge on any atom is -0.497 e. The van der Waals surface area contributed by atoms with Gasteiger partial charge in [-0.2, -0.15) is 0 Å². The summed E-state index contributed by atoms with van der Waals surface area (Å²) in [5, 5.41) is 5.40. The molecule has 0 saturated carbocycles. The minimum atomic E-state index is -0.389. The highest BCUT2D eigenvalue weighted by molar-refractivity contribution is 5.89. The molecule has 0 spiro atoms. The van der Waals surface area contributed by atoms with E-state index >= 15 is 0 Å². The smallest absolute Gasteiger partial charge is 0.319 e. The van der Waals surface area contributed by atoms with Crippen molar-refractivity contribution in [3.8, 4) is 11.5 Å². The Balaban J connectivity index is 1.93. The van der Waals surface area contributed by atoms with Crippen LogP contribution in [0.25, 0.3) is 0 Å². The lowest BCUT2D eigenvalue weighted by Gasteiger charge is -2.11. The molecule has 1 aromatic heterocycles. The average Bonchev–Trinajstić information content (AvgIpc) is 2.61. The van der Waals surface area contributed by atoms with Crippen LogP contribution < -0.4 is 25.7 Å². The van der Waals surface area contributed by atoms with Crippen LogP contribution in [0, 0.1) is 13.8 Å². The summed E-state index contributed by atoms with van der Waals surface area (Å²) in [7, 11) is 3.07. The Morgan fingerprint density at radius 3 is 2.40 bits per heavy atom. The average molecular weight is 346 g/mol. The van der Waals surface area contributed by atoms with Crippen LogP contribution >= 0.6 is 0 Å². The van der Waals surface area contributed by atoms with Crippen LogP contribution in [0.1, 0.15) is 11.3 Å². The maximum Gasteiger partial charge on any atom is 0.319 e. The van der Waals surface area contributed by atoms with Crippen molar-refractivity contribution in [1.82, 2.24) is 14.9 Å². The van der Waals surface area contributed by atoms with Crippen molar-refractivity contribution in [2.24, 2.45) is 0 Å². The summed E-state index contributed by atoms with van der Waals surface area (Å²) in [6.45, 7) is 4.14. The van der Waals surface area contributed by atoms with Gasteiger partial charge in [-0.15, -0.1) is 0 Å². The summed E-state index contributed by atoms with van der Waals surface area (Å²) in [6.07, 6.45) is 1.48. The molecule has 8 heteroatoms. The Bertz CT molecular complexity index is 795. The van der Waals surface area contributed by atoms with Gasteiger partial charge in [0.1, 0.15) is 11.5 Å². The third kappa shape index (κ3) is 4.72. The van der Waals surface area contributed by atoms with Gasteiger partial charge >= 0.3 is 6.03 Å². The highest BCUT2D eigenvalue weighted by atomic mass is 16.5. The van der Waals surface area contributed by atoms with E-state index in [2.05, 4.69) is 15.6 Å². The van der Waals surface area contributed by atoms with E-state index in [-0.39, 0.29) is 18.1 Å². The van der Waals surface area contributed by atoms with Gasteiger partial charge in [0.05, 0.1) is 20.5 Å². The molecule has 0 radical (unpaired) electrons. The number of anilines is 1. The number of urea groups is 1. The number of rotatable bonds is 6. The van der Waals surface area contributed by atoms with Crippen LogP contribution in [0.5, 0.6) is 11.5 Å². The highest BCUT2D eigenvalue weighted by Crippen LogP contribution is 2.25. The Hall–Kier alpha value is -3.03. The van der Waals surface area contributed by atoms with Gasteiger partial charge in [0.2, 0.25) is 0 Å². The topological polar surface area (TPSA) is 94.5 Å². The number of hydrogen-bond acceptors (Lipinski definition) is 5. The van der Waals surface area contributed by atoms with Crippen molar-refractivity contribution < 1.29 is 14.3 Å². The van der Waals surface area contributed by atoms with Crippen molar-refractivity contribution in [3.05, 3.63) is 46.1 Å². The standard InChI is InChI=1S/C17H22N4O4/c1-11-12(2)19-10-21(16(11)22)6-5-18-17(23)20-13-7-14(24-3)9-15(8-13)25-4/h7-10H,5-6H2,1-4H3,(H2,18,20,23). The van der Waals surface area contributed by atoms with Gasteiger partial charge in [0.15, 0.2) is 0 Å². The number of carbonyl (C=O) groups is 1. The fraction of sp³-hybridized carbons (Fsp3) is 0.353. The summed E-state index contributed by atoms with van der Waals surface area (Å²) < 4.78 is 11.8. The van der Waals surface area contributed by atoms with E-state index in [9.17, 15) is 9.59 Å². The summed E-state index contributed by atoms with van der Waals surface area (Å²) in [5.41, 5.74) is 1.75. The molecular formula is C17H22N4O4. The molecule has 0 saturated heterocycles. The number of aryl methyl sites for hydroxylation is 1. The van der Waals surface area contributed by atoms with Crippen LogP contribution in [0.3, 0.4) is 0 Å². The van der Waals surface area contributed by atoms with Crippen molar-refractivity contribution in [3.63, 3.8) is 0 Å². The second kappa shape index (κ2) is 8.18. The molecule has 0 bridgehead atoms. The summed E-state index contributed by atoms with van der Waals surface area (Å²) in [4.78, 5) is 28.2. The molecule has 2 N–H and O–H groups in total. The molecule has 2 aromatic rings. The van der Waals surface area contributed by atoms with Gasteiger partial charge in [-0.05, 0) is 13.8 Å². The number of carbonyl (C=O) groups excluding carboxylic acids is 1. The number of nitrogens with one attached hydrogen (secondary N) is 2. The molecule has 0 fully saturated rings. The lowest BCUT2D eigenvalue weighted by molar-refractivity contribution is 0.251. The second-order valence-electron chi connectivity index (χ2n) is 5.44. The second-order valence-corrected chi connectivity index (χ2v) is 5.44. The van der Waals surface area contributed by atoms with E-state index in [1.807, 2.05) is 0 Å². The van der Waals surface area contributed by atoms with Gasteiger partial charge in [0, 0.05) is 48.2 Å². The molecule has 0 aliphatic rings. The third-order valence-electron chi connectivity index (χ3n) is 3.76. The van der Waals surface area contributed by atoms with Crippen molar-refractivity contribution >= 4 is 11.7 Å². The zero-order valence-corrected chi connectivity index (χ0v) is 14.8. The first-order valence-electron chi connectivity index (χ1n) is 7.75. The van der Waals surface area contributed by atoms with E-state index in [4.69, 9.17) is 9.47 Å². The molecule has 0 aliphatic carbocycles. The largest absolute Gasteiger partial charge is 0.497 e.